The Morgan fingerprint density at radius 3 is 2.00 bits per heavy atom. The van der Waals surface area contributed by atoms with Gasteiger partial charge in [0.2, 0.25) is 0 Å². The van der Waals surface area contributed by atoms with Crippen molar-refractivity contribution in [2.45, 2.75) is 13.0 Å². The zero-order valence-corrected chi connectivity index (χ0v) is 5.12. The highest BCUT2D eigenvalue weighted by Crippen LogP contribution is 2.14. The van der Waals surface area contributed by atoms with Crippen molar-refractivity contribution in [1.82, 2.24) is 4.90 Å². The van der Waals surface area contributed by atoms with Gasteiger partial charge in [-0.05, 0) is 14.0 Å². The zero-order chi connectivity index (χ0) is 6.78. The maximum Gasteiger partial charge on any atom is 0.301 e. The lowest BCUT2D eigenvalue weighted by Gasteiger charge is -2.21. The third kappa shape index (κ3) is 2.21. The van der Waals surface area contributed by atoms with Gasteiger partial charge < -0.3 is 0 Å². The molecule has 0 spiro atoms. The van der Waals surface area contributed by atoms with Crippen molar-refractivity contribution in [2.24, 2.45) is 0 Å². The molecule has 0 saturated heterocycles. The summed E-state index contributed by atoms with van der Waals surface area (Å²) in [6.45, 7) is 4.27. The van der Waals surface area contributed by atoms with E-state index in [1.54, 1.807) is 0 Å². The molecule has 0 aromatic heterocycles. The maximum atomic E-state index is 12.0. The summed E-state index contributed by atoms with van der Waals surface area (Å²) in [5.41, 5.74) is 0. The molecule has 0 aliphatic heterocycles. The fourth-order valence-electron chi connectivity index (χ4n) is 0.196. The van der Waals surface area contributed by atoms with E-state index in [2.05, 4.69) is 6.92 Å². The predicted molar refractivity (Wildman–Crippen MR) is 28.6 cm³/mol. The number of rotatable bonds is 2. The lowest BCUT2D eigenvalue weighted by Crippen LogP contribution is -2.35. The fourth-order valence-corrected chi connectivity index (χ4v) is 0.196. The van der Waals surface area contributed by atoms with Crippen LogP contribution in [0.15, 0.2) is 0 Å². The minimum absolute atomic E-state index is 0.128. The average Bonchev–Trinajstić information content (AvgIpc) is 1.62. The molecule has 1 radical (unpaired) electrons. The highest BCUT2D eigenvalue weighted by atomic mass is 19.3. The summed E-state index contributed by atoms with van der Waals surface area (Å²) in [5, 5.41) is 0. The first-order valence-corrected chi connectivity index (χ1v) is 2.37. The maximum absolute atomic E-state index is 12.0. The van der Waals surface area contributed by atoms with Crippen LogP contribution in [0, 0.1) is 6.92 Å². The minimum Gasteiger partial charge on any atom is -0.248 e. The van der Waals surface area contributed by atoms with Gasteiger partial charge in [-0.25, -0.2) is 4.90 Å². The molecule has 0 aliphatic rings. The van der Waals surface area contributed by atoms with Gasteiger partial charge in [-0.3, -0.25) is 0 Å². The molecule has 0 amide bonds. The van der Waals surface area contributed by atoms with Gasteiger partial charge in [0.1, 0.15) is 0 Å². The third-order valence-corrected chi connectivity index (χ3v) is 1.01. The van der Waals surface area contributed by atoms with Crippen molar-refractivity contribution < 1.29 is 8.78 Å². The summed E-state index contributed by atoms with van der Waals surface area (Å²) < 4.78 is 24.0. The first-order chi connectivity index (χ1) is 3.48. The van der Waals surface area contributed by atoms with Crippen molar-refractivity contribution in [3.05, 3.63) is 6.92 Å². The second-order valence-electron chi connectivity index (χ2n) is 1.76. The SMILES string of the molecule is [CH2]CN(C)C(C)(F)F. The van der Waals surface area contributed by atoms with Gasteiger partial charge in [-0.1, -0.05) is 0 Å². The van der Waals surface area contributed by atoms with E-state index in [-0.39, 0.29) is 6.54 Å². The molecule has 0 unspecified atom stereocenters. The molecule has 3 heteroatoms. The molecule has 0 saturated carbocycles. The molecule has 49 valence electrons. The van der Waals surface area contributed by atoms with Crippen LogP contribution in [0.5, 0.6) is 0 Å². The Balaban J connectivity index is 3.62. The van der Waals surface area contributed by atoms with Crippen molar-refractivity contribution in [2.75, 3.05) is 13.6 Å². The van der Waals surface area contributed by atoms with Gasteiger partial charge in [-0.2, -0.15) is 8.78 Å². The molecule has 0 aliphatic carbocycles. The second-order valence-corrected chi connectivity index (χ2v) is 1.76. The molecule has 0 rings (SSSR count). The van der Waals surface area contributed by atoms with Gasteiger partial charge in [0.05, 0.1) is 0 Å². The van der Waals surface area contributed by atoms with Crippen LogP contribution in [-0.4, -0.2) is 24.5 Å². The van der Waals surface area contributed by atoms with Crippen molar-refractivity contribution in [3.63, 3.8) is 0 Å². The number of nitrogens with zero attached hydrogens (tertiary/aromatic N) is 1. The Bertz CT molecular complexity index is 67.3. The Kier molecular flexibility index (Phi) is 2.34. The highest BCUT2D eigenvalue weighted by molar-refractivity contribution is 4.58. The molecule has 0 heterocycles. The summed E-state index contributed by atoms with van der Waals surface area (Å²) >= 11 is 0. The van der Waals surface area contributed by atoms with Gasteiger partial charge in [-0.15, -0.1) is 0 Å². The van der Waals surface area contributed by atoms with Crippen LogP contribution in [0.4, 0.5) is 8.78 Å². The van der Waals surface area contributed by atoms with E-state index in [4.69, 9.17) is 0 Å². The lowest BCUT2D eigenvalue weighted by molar-refractivity contribution is -0.112. The van der Waals surface area contributed by atoms with Gasteiger partial charge in [0.15, 0.2) is 0 Å². The van der Waals surface area contributed by atoms with Crippen LogP contribution in [-0.2, 0) is 0 Å². The minimum atomic E-state index is -2.72. The van der Waals surface area contributed by atoms with Crippen LogP contribution >= 0.6 is 0 Å². The summed E-state index contributed by atoms with van der Waals surface area (Å²) in [6, 6.07) is -2.72. The number of alkyl halides is 2. The lowest BCUT2D eigenvalue weighted by atomic mass is 10.5. The van der Waals surface area contributed by atoms with Crippen molar-refractivity contribution in [3.8, 4) is 0 Å². The van der Waals surface area contributed by atoms with Gasteiger partial charge in [0, 0.05) is 13.5 Å². The second kappa shape index (κ2) is 2.40. The molecule has 0 aromatic carbocycles. The monoisotopic (exact) mass is 122 g/mol. The van der Waals surface area contributed by atoms with E-state index in [0.29, 0.717) is 0 Å². The topological polar surface area (TPSA) is 3.24 Å². The Labute approximate surface area is 48.3 Å². The van der Waals surface area contributed by atoms with Crippen molar-refractivity contribution in [1.29, 1.82) is 0 Å². The predicted octanol–water partition coefficient (Wildman–Crippen LogP) is 1.36. The molecular formula is C5H10F2N. The zero-order valence-electron chi connectivity index (χ0n) is 5.12. The van der Waals surface area contributed by atoms with Gasteiger partial charge in [0.25, 0.3) is 0 Å². The summed E-state index contributed by atoms with van der Waals surface area (Å²) in [5.74, 6) is 0. The molecule has 0 atom stereocenters. The van der Waals surface area contributed by atoms with E-state index >= 15 is 0 Å². The molecular weight excluding hydrogens is 112 g/mol. The first-order valence-electron chi connectivity index (χ1n) is 2.37. The number of hydrogen-bond acceptors (Lipinski definition) is 1. The molecule has 8 heavy (non-hydrogen) atoms. The third-order valence-electron chi connectivity index (χ3n) is 1.01. The summed E-state index contributed by atoms with van der Waals surface area (Å²) in [6.07, 6.45) is 0. The van der Waals surface area contributed by atoms with Gasteiger partial charge >= 0.3 is 6.05 Å². The van der Waals surface area contributed by atoms with E-state index in [1.807, 2.05) is 0 Å². The molecule has 1 nitrogen and oxygen atoms in total. The molecule has 0 N–H and O–H groups in total. The quantitative estimate of drug-likeness (QED) is 0.500. The van der Waals surface area contributed by atoms with E-state index in [1.165, 1.54) is 7.05 Å². The summed E-state index contributed by atoms with van der Waals surface area (Å²) in [7, 11) is 1.33. The molecule has 0 fully saturated rings. The Morgan fingerprint density at radius 1 is 1.62 bits per heavy atom. The molecule has 0 bridgehead atoms. The van der Waals surface area contributed by atoms with Crippen molar-refractivity contribution >= 4 is 0 Å². The summed E-state index contributed by atoms with van der Waals surface area (Å²) in [4.78, 5) is 0.868. The normalized spacial score (nSPS) is 12.8. The van der Waals surface area contributed by atoms with E-state index < -0.39 is 6.05 Å². The number of hydrogen-bond donors (Lipinski definition) is 0. The fraction of sp³-hybridized carbons (Fsp3) is 0.800. The smallest absolute Gasteiger partial charge is 0.248 e. The van der Waals surface area contributed by atoms with Crippen LogP contribution in [0.1, 0.15) is 6.92 Å². The largest absolute Gasteiger partial charge is 0.301 e. The van der Waals surface area contributed by atoms with Crippen LogP contribution in [0.2, 0.25) is 0 Å². The first kappa shape index (κ1) is 7.82. The van der Waals surface area contributed by atoms with E-state index in [9.17, 15) is 8.78 Å². The molecule has 0 aromatic rings. The Morgan fingerprint density at radius 2 is 2.00 bits per heavy atom. The van der Waals surface area contributed by atoms with Crippen LogP contribution in [0.25, 0.3) is 0 Å². The van der Waals surface area contributed by atoms with Crippen LogP contribution < -0.4 is 0 Å². The van der Waals surface area contributed by atoms with E-state index in [0.717, 1.165) is 11.8 Å². The van der Waals surface area contributed by atoms with Crippen LogP contribution in [0.3, 0.4) is 0 Å². The number of halogens is 2. The average molecular weight is 122 g/mol. The highest BCUT2D eigenvalue weighted by Gasteiger charge is 2.25. The standard InChI is InChI=1S/C5H10F2N/c1-4-8(3)5(2,6)7/h1,4H2,2-3H3. The Hall–Kier alpha value is -0.180.